The normalized spacial score (nSPS) is 9.65. The van der Waals surface area contributed by atoms with Gasteiger partial charge in [-0.1, -0.05) is 0 Å². The summed E-state index contributed by atoms with van der Waals surface area (Å²) >= 11 is 0. The fourth-order valence-corrected chi connectivity index (χ4v) is 1.67. The minimum Gasteiger partial charge on any atom is -0.386 e. The third-order valence-corrected chi connectivity index (χ3v) is 2.68. The van der Waals surface area contributed by atoms with Gasteiger partial charge >= 0.3 is 0 Å². The van der Waals surface area contributed by atoms with E-state index in [1.165, 1.54) is 30.6 Å². The first-order chi connectivity index (χ1) is 9.65. The molecule has 0 unspecified atom stereocenters. The van der Waals surface area contributed by atoms with Gasteiger partial charge in [0.15, 0.2) is 0 Å². The first kappa shape index (κ1) is 13.5. The summed E-state index contributed by atoms with van der Waals surface area (Å²) in [5, 5.41) is 14.0. The predicted octanol–water partition coefficient (Wildman–Crippen LogP) is 2.39. The summed E-state index contributed by atoms with van der Waals surface area (Å²) in [6.07, 6.45) is 2.98. The monoisotopic (exact) mass is 270 g/mol. The van der Waals surface area contributed by atoms with Crippen LogP contribution in [-0.2, 0) is 0 Å². The largest absolute Gasteiger partial charge is 0.386 e. The summed E-state index contributed by atoms with van der Waals surface area (Å²) in [6, 6.07) is 7.22. The molecule has 0 spiro atoms. The number of amides is 1. The molecule has 0 bridgehead atoms. The molecule has 20 heavy (non-hydrogen) atoms. The van der Waals surface area contributed by atoms with Crippen molar-refractivity contribution < 1.29 is 9.18 Å². The molecule has 0 atom stereocenters. The summed E-state index contributed by atoms with van der Waals surface area (Å²) in [5.41, 5.74) is 1.11. The minimum absolute atomic E-state index is 0.0212. The van der Waals surface area contributed by atoms with Gasteiger partial charge in [0.1, 0.15) is 5.82 Å². The molecule has 0 aliphatic carbocycles. The minimum atomic E-state index is -0.655. The predicted molar refractivity (Wildman–Crippen MR) is 72.9 cm³/mol. The molecule has 0 fully saturated rings. The average molecular weight is 270 g/mol. The van der Waals surface area contributed by atoms with Crippen LogP contribution in [0, 0.1) is 17.1 Å². The number of hydrogen-bond donors (Lipinski definition) is 2. The summed E-state index contributed by atoms with van der Waals surface area (Å²) in [5.74, 6) is -1.11. The van der Waals surface area contributed by atoms with Crippen LogP contribution in [0.4, 0.5) is 15.8 Å². The third-order valence-electron chi connectivity index (χ3n) is 2.68. The SMILES string of the molecule is CNc1cnccc1C(=O)Nc1ccc(C#N)cc1F. The number of anilines is 2. The van der Waals surface area contributed by atoms with Crippen LogP contribution in [0.1, 0.15) is 15.9 Å². The Kier molecular flexibility index (Phi) is 3.91. The second-order valence-corrected chi connectivity index (χ2v) is 3.93. The molecule has 0 saturated carbocycles. The standard InChI is InChI=1S/C14H11FN4O/c1-17-13-8-18-5-4-10(13)14(20)19-12-3-2-9(7-16)6-11(12)15/h2-6,8,17H,1H3,(H,19,20). The lowest BCUT2D eigenvalue weighted by molar-refractivity contribution is 0.102. The molecule has 2 N–H and O–H groups in total. The van der Waals surface area contributed by atoms with Crippen molar-refractivity contribution in [1.29, 1.82) is 5.26 Å². The van der Waals surface area contributed by atoms with Crippen molar-refractivity contribution in [3.63, 3.8) is 0 Å². The first-order valence-corrected chi connectivity index (χ1v) is 5.78. The molecule has 0 aliphatic heterocycles. The van der Waals surface area contributed by atoms with Crippen LogP contribution in [0.2, 0.25) is 0 Å². The number of carbonyl (C=O) groups is 1. The van der Waals surface area contributed by atoms with Gasteiger partial charge in [-0.25, -0.2) is 4.39 Å². The molecular formula is C14H11FN4O. The molecular weight excluding hydrogens is 259 g/mol. The smallest absolute Gasteiger partial charge is 0.257 e. The van der Waals surface area contributed by atoms with Crippen molar-refractivity contribution in [2.45, 2.75) is 0 Å². The molecule has 1 amide bonds. The Hall–Kier alpha value is -2.94. The van der Waals surface area contributed by atoms with Gasteiger partial charge in [0, 0.05) is 13.2 Å². The lowest BCUT2D eigenvalue weighted by Crippen LogP contribution is -2.15. The molecule has 100 valence electrons. The van der Waals surface area contributed by atoms with E-state index in [-0.39, 0.29) is 11.3 Å². The highest BCUT2D eigenvalue weighted by molar-refractivity contribution is 6.07. The number of nitriles is 1. The maximum absolute atomic E-state index is 13.7. The number of pyridine rings is 1. The zero-order chi connectivity index (χ0) is 14.5. The van der Waals surface area contributed by atoms with Gasteiger partial charge in [-0.3, -0.25) is 9.78 Å². The lowest BCUT2D eigenvalue weighted by Gasteiger charge is -2.09. The molecule has 6 heteroatoms. The number of nitrogens with zero attached hydrogens (tertiary/aromatic N) is 2. The zero-order valence-electron chi connectivity index (χ0n) is 10.6. The van der Waals surface area contributed by atoms with E-state index in [4.69, 9.17) is 5.26 Å². The highest BCUT2D eigenvalue weighted by Crippen LogP contribution is 2.19. The van der Waals surface area contributed by atoms with Gasteiger partial charge in [-0.2, -0.15) is 5.26 Å². The summed E-state index contributed by atoms with van der Waals surface area (Å²) in [4.78, 5) is 16.0. The van der Waals surface area contributed by atoms with Crippen LogP contribution in [-0.4, -0.2) is 17.9 Å². The van der Waals surface area contributed by atoms with E-state index in [9.17, 15) is 9.18 Å². The van der Waals surface area contributed by atoms with E-state index in [1.54, 1.807) is 7.05 Å². The molecule has 0 aliphatic rings. The van der Waals surface area contributed by atoms with Gasteiger partial charge in [0.05, 0.1) is 34.8 Å². The van der Waals surface area contributed by atoms with Crippen LogP contribution >= 0.6 is 0 Å². The molecule has 0 radical (unpaired) electrons. The van der Waals surface area contributed by atoms with Crippen molar-refractivity contribution in [3.05, 3.63) is 53.6 Å². The van der Waals surface area contributed by atoms with Crippen molar-refractivity contribution in [3.8, 4) is 6.07 Å². The van der Waals surface area contributed by atoms with Crippen LogP contribution in [0.3, 0.4) is 0 Å². The van der Waals surface area contributed by atoms with Crippen LogP contribution in [0.25, 0.3) is 0 Å². The van der Waals surface area contributed by atoms with Gasteiger partial charge in [-0.15, -0.1) is 0 Å². The lowest BCUT2D eigenvalue weighted by atomic mass is 10.2. The Balaban J connectivity index is 2.26. The molecule has 5 nitrogen and oxygen atoms in total. The van der Waals surface area contributed by atoms with Crippen molar-refractivity contribution >= 4 is 17.3 Å². The molecule has 1 aromatic heterocycles. The van der Waals surface area contributed by atoms with Gasteiger partial charge in [0.25, 0.3) is 5.91 Å². The number of rotatable bonds is 3. The molecule has 1 heterocycles. The van der Waals surface area contributed by atoms with Gasteiger partial charge in [-0.05, 0) is 24.3 Å². The number of carbonyl (C=O) groups excluding carboxylic acids is 1. The van der Waals surface area contributed by atoms with E-state index in [0.29, 0.717) is 11.3 Å². The van der Waals surface area contributed by atoms with Crippen molar-refractivity contribution in [2.75, 3.05) is 17.7 Å². The number of aromatic nitrogens is 1. The fraction of sp³-hybridized carbons (Fsp3) is 0.0714. The van der Waals surface area contributed by atoms with Gasteiger partial charge < -0.3 is 10.6 Å². The maximum Gasteiger partial charge on any atom is 0.257 e. The Bertz CT molecular complexity index is 694. The number of hydrogen-bond acceptors (Lipinski definition) is 4. The molecule has 0 saturated heterocycles. The summed E-state index contributed by atoms with van der Waals surface area (Å²) in [6.45, 7) is 0. The second kappa shape index (κ2) is 5.80. The van der Waals surface area contributed by atoms with Crippen LogP contribution in [0.5, 0.6) is 0 Å². The van der Waals surface area contributed by atoms with E-state index in [0.717, 1.165) is 6.07 Å². The number of benzene rings is 1. The Morgan fingerprint density at radius 2 is 2.15 bits per heavy atom. The topological polar surface area (TPSA) is 77.8 Å². The van der Waals surface area contributed by atoms with E-state index in [2.05, 4.69) is 15.6 Å². The third kappa shape index (κ3) is 2.72. The van der Waals surface area contributed by atoms with Gasteiger partial charge in [0.2, 0.25) is 0 Å². The van der Waals surface area contributed by atoms with Crippen LogP contribution in [0.15, 0.2) is 36.7 Å². The molecule has 2 aromatic rings. The second-order valence-electron chi connectivity index (χ2n) is 3.93. The Morgan fingerprint density at radius 1 is 1.35 bits per heavy atom. The number of nitrogens with one attached hydrogen (secondary N) is 2. The summed E-state index contributed by atoms with van der Waals surface area (Å²) < 4.78 is 13.7. The molecule has 1 aromatic carbocycles. The number of halogens is 1. The van der Waals surface area contributed by atoms with E-state index >= 15 is 0 Å². The first-order valence-electron chi connectivity index (χ1n) is 5.78. The Morgan fingerprint density at radius 3 is 2.80 bits per heavy atom. The molecule has 2 rings (SSSR count). The van der Waals surface area contributed by atoms with E-state index in [1.807, 2.05) is 6.07 Å². The summed E-state index contributed by atoms with van der Waals surface area (Å²) in [7, 11) is 1.66. The Labute approximate surface area is 115 Å². The zero-order valence-corrected chi connectivity index (χ0v) is 10.6. The van der Waals surface area contributed by atoms with Crippen molar-refractivity contribution in [2.24, 2.45) is 0 Å². The quantitative estimate of drug-likeness (QED) is 0.897. The van der Waals surface area contributed by atoms with E-state index < -0.39 is 11.7 Å². The average Bonchev–Trinajstić information content (AvgIpc) is 2.49. The highest BCUT2D eigenvalue weighted by atomic mass is 19.1. The highest BCUT2D eigenvalue weighted by Gasteiger charge is 2.13. The van der Waals surface area contributed by atoms with Crippen molar-refractivity contribution in [1.82, 2.24) is 4.98 Å². The maximum atomic E-state index is 13.7. The van der Waals surface area contributed by atoms with Crippen LogP contribution < -0.4 is 10.6 Å². The fourth-order valence-electron chi connectivity index (χ4n) is 1.67.